The van der Waals surface area contributed by atoms with Gasteiger partial charge in [-0.05, 0) is 30.3 Å². The van der Waals surface area contributed by atoms with Crippen LogP contribution in [-0.2, 0) is 0 Å². The van der Waals surface area contributed by atoms with Crippen LogP contribution < -0.4 is 5.32 Å². The Morgan fingerprint density at radius 1 is 1.76 bits per heavy atom. The van der Waals surface area contributed by atoms with Gasteiger partial charge in [0.05, 0.1) is 5.60 Å². The second-order valence-electron chi connectivity index (χ2n) is 4.90. The number of nitrogens with zero attached hydrogens (tertiary/aromatic N) is 2. The van der Waals surface area contributed by atoms with E-state index < -0.39 is 5.60 Å². The third-order valence-electron chi connectivity index (χ3n) is 3.24. The average Bonchev–Trinajstić information content (AvgIpc) is 2.79. The lowest BCUT2D eigenvalue weighted by atomic mass is 9.79. The molecule has 1 aromatic heterocycles. The molecular formula is C11H17N3O2S. The standard InChI is InChI=1S/C11H17N3O2S/c1-8-3-2-4-11(16,5-8)7-12-10(15)9-6-17-14-13-9/h6,8,16H,2-5,7H2,1H3,(H,12,15). The number of aromatic nitrogens is 2. The molecule has 2 unspecified atom stereocenters. The number of aliphatic hydroxyl groups is 1. The van der Waals surface area contributed by atoms with Gasteiger partial charge in [-0.15, -0.1) is 5.10 Å². The summed E-state index contributed by atoms with van der Waals surface area (Å²) in [6.45, 7) is 2.43. The summed E-state index contributed by atoms with van der Waals surface area (Å²) in [7, 11) is 0. The molecule has 17 heavy (non-hydrogen) atoms. The van der Waals surface area contributed by atoms with Crippen LogP contribution in [0.25, 0.3) is 0 Å². The van der Waals surface area contributed by atoms with Crippen molar-refractivity contribution in [2.45, 2.75) is 38.2 Å². The fourth-order valence-electron chi connectivity index (χ4n) is 2.39. The highest BCUT2D eigenvalue weighted by molar-refractivity contribution is 7.03. The number of hydrogen-bond acceptors (Lipinski definition) is 5. The predicted octanol–water partition coefficient (Wildman–Crippen LogP) is 1.21. The number of hydrogen-bond donors (Lipinski definition) is 2. The molecule has 0 aromatic carbocycles. The molecule has 0 aliphatic heterocycles. The molecule has 1 aromatic rings. The van der Waals surface area contributed by atoms with Gasteiger partial charge in [0.15, 0.2) is 5.69 Å². The summed E-state index contributed by atoms with van der Waals surface area (Å²) >= 11 is 1.14. The van der Waals surface area contributed by atoms with Crippen molar-refractivity contribution in [2.75, 3.05) is 6.54 Å². The van der Waals surface area contributed by atoms with Gasteiger partial charge in [0, 0.05) is 11.9 Å². The summed E-state index contributed by atoms with van der Waals surface area (Å²) in [4.78, 5) is 11.7. The average molecular weight is 255 g/mol. The van der Waals surface area contributed by atoms with Crippen molar-refractivity contribution in [2.24, 2.45) is 5.92 Å². The Morgan fingerprint density at radius 2 is 2.59 bits per heavy atom. The molecule has 0 saturated heterocycles. The van der Waals surface area contributed by atoms with Gasteiger partial charge in [-0.3, -0.25) is 4.79 Å². The van der Waals surface area contributed by atoms with E-state index in [1.54, 1.807) is 5.38 Å². The first kappa shape index (κ1) is 12.4. The van der Waals surface area contributed by atoms with Crippen LogP contribution in [0.1, 0.15) is 43.1 Å². The largest absolute Gasteiger partial charge is 0.388 e. The molecule has 0 spiro atoms. The van der Waals surface area contributed by atoms with Crippen molar-refractivity contribution in [3.63, 3.8) is 0 Å². The minimum Gasteiger partial charge on any atom is -0.388 e. The highest BCUT2D eigenvalue weighted by Gasteiger charge is 2.33. The Hall–Kier alpha value is -1.01. The van der Waals surface area contributed by atoms with E-state index in [0.717, 1.165) is 37.2 Å². The Labute approximate surface area is 104 Å². The summed E-state index contributed by atoms with van der Waals surface area (Å²) in [6.07, 6.45) is 3.69. The van der Waals surface area contributed by atoms with E-state index in [9.17, 15) is 9.90 Å². The first-order valence-electron chi connectivity index (χ1n) is 5.87. The Kier molecular flexibility index (Phi) is 3.73. The van der Waals surface area contributed by atoms with Gasteiger partial charge in [0.1, 0.15) is 0 Å². The molecule has 1 fully saturated rings. The first-order valence-corrected chi connectivity index (χ1v) is 6.70. The summed E-state index contributed by atoms with van der Waals surface area (Å²) in [5.74, 6) is 0.261. The molecule has 0 bridgehead atoms. The molecule has 6 heteroatoms. The molecule has 0 radical (unpaired) electrons. The topological polar surface area (TPSA) is 75.1 Å². The molecule has 1 amide bonds. The molecule has 2 N–H and O–H groups in total. The van der Waals surface area contributed by atoms with Crippen molar-refractivity contribution in [1.29, 1.82) is 0 Å². The molecule has 2 rings (SSSR count). The third kappa shape index (κ3) is 3.23. The minimum atomic E-state index is -0.753. The van der Waals surface area contributed by atoms with Gasteiger partial charge >= 0.3 is 0 Å². The van der Waals surface area contributed by atoms with Gasteiger partial charge in [-0.25, -0.2) is 0 Å². The molecule has 1 saturated carbocycles. The minimum absolute atomic E-state index is 0.259. The van der Waals surface area contributed by atoms with E-state index in [1.807, 2.05) is 0 Å². The number of carbonyl (C=O) groups excluding carboxylic acids is 1. The van der Waals surface area contributed by atoms with Crippen LogP contribution in [0.15, 0.2) is 5.38 Å². The highest BCUT2D eigenvalue weighted by Crippen LogP contribution is 2.31. The van der Waals surface area contributed by atoms with E-state index in [2.05, 4.69) is 21.8 Å². The van der Waals surface area contributed by atoms with Crippen LogP contribution >= 0.6 is 11.5 Å². The molecular weight excluding hydrogens is 238 g/mol. The molecule has 1 aliphatic carbocycles. The van der Waals surface area contributed by atoms with Crippen LogP contribution in [0.3, 0.4) is 0 Å². The maximum absolute atomic E-state index is 11.7. The van der Waals surface area contributed by atoms with Gasteiger partial charge in [0.25, 0.3) is 5.91 Å². The fraction of sp³-hybridized carbons (Fsp3) is 0.727. The summed E-state index contributed by atoms with van der Waals surface area (Å²) in [6, 6.07) is 0. The third-order valence-corrected chi connectivity index (χ3v) is 3.74. The van der Waals surface area contributed by atoms with Crippen molar-refractivity contribution in [3.05, 3.63) is 11.1 Å². The van der Waals surface area contributed by atoms with E-state index in [0.29, 0.717) is 18.2 Å². The maximum Gasteiger partial charge on any atom is 0.272 e. The molecule has 5 nitrogen and oxygen atoms in total. The second kappa shape index (κ2) is 5.10. The van der Waals surface area contributed by atoms with E-state index in [4.69, 9.17) is 0 Å². The maximum atomic E-state index is 11.7. The summed E-state index contributed by atoms with van der Waals surface area (Å²) in [5.41, 5.74) is -0.431. The molecule has 94 valence electrons. The molecule has 1 aliphatic rings. The van der Waals surface area contributed by atoms with Crippen LogP contribution in [0, 0.1) is 5.92 Å². The van der Waals surface area contributed by atoms with E-state index in [-0.39, 0.29) is 5.91 Å². The predicted molar refractivity (Wildman–Crippen MR) is 64.8 cm³/mol. The highest BCUT2D eigenvalue weighted by atomic mass is 32.1. The van der Waals surface area contributed by atoms with Crippen molar-refractivity contribution in [3.8, 4) is 0 Å². The van der Waals surface area contributed by atoms with Crippen molar-refractivity contribution < 1.29 is 9.90 Å². The van der Waals surface area contributed by atoms with E-state index >= 15 is 0 Å². The second-order valence-corrected chi connectivity index (χ2v) is 5.51. The number of carbonyl (C=O) groups is 1. The van der Waals surface area contributed by atoms with E-state index in [1.165, 1.54) is 0 Å². The van der Waals surface area contributed by atoms with Gasteiger partial charge < -0.3 is 10.4 Å². The number of rotatable bonds is 3. The van der Waals surface area contributed by atoms with Crippen LogP contribution in [0.4, 0.5) is 0 Å². The summed E-state index contributed by atoms with van der Waals surface area (Å²) in [5, 5.41) is 18.4. The fourth-order valence-corrected chi connectivity index (χ4v) is 2.83. The molecule has 2 atom stereocenters. The lowest BCUT2D eigenvalue weighted by molar-refractivity contribution is -0.0109. The van der Waals surface area contributed by atoms with Crippen LogP contribution in [0.2, 0.25) is 0 Å². The zero-order valence-corrected chi connectivity index (χ0v) is 10.7. The number of amides is 1. The van der Waals surface area contributed by atoms with Crippen molar-refractivity contribution in [1.82, 2.24) is 14.9 Å². The van der Waals surface area contributed by atoms with Crippen LogP contribution in [0.5, 0.6) is 0 Å². The van der Waals surface area contributed by atoms with Gasteiger partial charge in [-0.2, -0.15) is 0 Å². The zero-order chi connectivity index (χ0) is 12.3. The normalized spacial score (nSPS) is 28.9. The van der Waals surface area contributed by atoms with Crippen molar-refractivity contribution >= 4 is 17.4 Å². The Morgan fingerprint density at radius 3 is 3.24 bits per heavy atom. The SMILES string of the molecule is CC1CCCC(O)(CNC(=O)c2csnn2)C1. The zero-order valence-electron chi connectivity index (χ0n) is 9.85. The van der Waals surface area contributed by atoms with Gasteiger partial charge in [-0.1, -0.05) is 24.3 Å². The molecule has 1 heterocycles. The smallest absolute Gasteiger partial charge is 0.272 e. The van der Waals surface area contributed by atoms with Crippen LogP contribution in [-0.4, -0.2) is 32.7 Å². The first-order chi connectivity index (χ1) is 8.09. The lowest BCUT2D eigenvalue weighted by Gasteiger charge is -2.35. The quantitative estimate of drug-likeness (QED) is 0.851. The Balaban J connectivity index is 1.87. The van der Waals surface area contributed by atoms with Gasteiger partial charge in [0.2, 0.25) is 0 Å². The lowest BCUT2D eigenvalue weighted by Crippen LogP contribution is -2.45. The number of nitrogens with one attached hydrogen (secondary N) is 1. The monoisotopic (exact) mass is 255 g/mol. The Bertz CT molecular complexity index is 382. The summed E-state index contributed by atoms with van der Waals surface area (Å²) < 4.78 is 3.64.